The summed E-state index contributed by atoms with van der Waals surface area (Å²) in [5, 5.41) is 9.03. The van der Waals surface area contributed by atoms with Crippen molar-refractivity contribution in [3.8, 4) is 0 Å². The summed E-state index contributed by atoms with van der Waals surface area (Å²) < 4.78 is 26.2. The van der Waals surface area contributed by atoms with Crippen LogP contribution in [0.2, 0.25) is 0 Å². The molecule has 1 saturated heterocycles. The zero-order valence-corrected chi connectivity index (χ0v) is 14.7. The number of aromatic nitrogens is 2. The molecule has 1 aromatic heterocycles. The maximum Gasteiger partial charge on any atom is 0.211 e. The lowest BCUT2D eigenvalue weighted by atomic mass is 9.91. The van der Waals surface area contributed by atoms with Gasteiger partial charge in [-0.2, -0.15) is 4.31 Å². The van der Waals surface area contributed by atoms with E-state index in [2.05, 4.69) is 15.1 Å². The standard InChI is InChI=1S/C14H24N4O2S2/c1-22(19,20)18(12-4-2-5-12)13-6-3-8-17(9-7-13)10-14-16-15-11-21-14/h11-13H,2-10H2,1H3. The Labute approximate surface area is 136 Å². The SMILES string of the molecule is CS(=O)(=O)N(C1CCC1)C1CCCN(Cc2nncs2)CC1. The number of hydrogen-bond donors (Lipinski definition) is 0. The normalized spacial score (nSPS) is 25.1. The molecule has 1 aromatic rings. The predicted octanol–water partition coefficient (Wildman–Crippen LogP) is 1.71. The molecule has 3 rings (SSSR count). The highest BCUT2D eigenvalue weighted by Gasteiger charge is 2.37. The summed E-state index contributed by atoms with van der Waals surface area (Å²) in [5.74, 6) is 0. The average Bonchev–Trinajstić information content (AvgIpc) is 2.79. The molecule has 0 spiro atoms. The molecule has 0 radical (unpaired) electrons. The minimum absolute atomic E-state index is 0.166. The second-order valence-corrected chi connectivity index (χ2v) is 9.18. The summed E-state index contributed by atoms with van der Waals surface area (Å²) in [5.41, 5.74) is 1.76. The van der Waals surface area contributed by atoms with Crippen LogP contribution in [0, 0.1) is 0 Å². The Morgan fingerprint density at radius 2 is 1.95 bits per heavy atom. The number of hydrogen-bond acceptors (Lipinski definition) is 6. The molecule has 2 heterocycles. The van der Waals surface area contributed by atoms with Crippen molar-refractivity contribution in [2.75, 3.05) is 19.3 Å². The third kappa shape index (κ3) is 3.84. The molecule has 0 amide bonds. The number of sulfonamides is 1. The molecule has 2 aliphatic rings. The molecule has 1 unspecified atom stereocenters. The fourth-order valence-corrected chi connectivity index (χ4v) is 5.56. The van der Waals surface area contributed by atoms with Gasteiger partial charge in [0.15, 0.2) is 0 Å². The molecular weight excluding hydrogens is 320 g/mol. The first-order valence-corrected chi connectivity index (χ1v) is 10.7. The first-order chi connectivity index (χ1) is 10.5. The van der Waals surface area contributed by atoms with Gasteiger partial charge in [0, 0.05) is 18.6 Å². The van der Waals surface area contributed by atoms with Crippen molar-refractivity contribution in [2.24, 2.45) is 0 Å². The molecule has 0 bridgehead atoms. The molecule has 0 aromatic carbocycles. The molecule has 8 heteroatoms. The van der Waals surface area contributed by atoms with Crippen LogP contribution in [0.3, 0.4) is 0 Å². The van der Waals surface area contributed by atoms with Crippen LogP contribution in [0.1, 0.15) is 43.5 Å². The highest BCUT2D eigenvalue weighted by Crippen LogP contribution is 2.32. The zero-order chi connectivity index (χ0) is 15.6. The molecule has 124 valence electrons. The van der Waals surface area contributed by atoms with E-state index in [1.54, 1.807) is 16.8 Å². The molecular formula is C14H24N4O2S2. The lowest BCUT2D eigenvalue weighted by Gasteiger charge is -2.40. The Morgan fingerprint density at radius 3 is 2.55 bits per heavy atom. The Kier molecular flexibility index (Phi) is 5.11. The second kappa shape index (κ2) is 6.90. The van der Waals surface area contributed by atoms with Crippen molar-refractivity contribution in [1.29, 1.82) is 0 Å². The van der Waals surface area contributed by atoms with Gasteiger partial charge < -0.3 is 0 Å². The van der Waals surface area contributed by atoms with Crippen molar-refractivity contribution in [2.45, 2.75) is 57.2 Å². The average molecular weight is 345 g/mol. The van der Waals surface area contributed by atoms with E-state index in [0.717, 1.165) is 63.2 Å². The van der Waals surface area contributed by atoms with E-state index in [-0.39, 0.29) is 12.1 Å². The molecule has 2 fully saturated rings. The molecule has 0 N–H and O–H groups in total. The van der Waals surface area contributed by atoms with Crippen molar-refractivity contribution in [3.05, 3.63) is 10.5 Å². The summed E-state index contributed by atoms with van der Waals surface area (Å²) in [4.78, 5) is 2.38. The van der Waals surface area contributed by atoms with Crippen molar-refractivity contribution < 1.29 is 8.42 Å². The van der Waals surface area contributed by atoms with Gasteiger partial charge in [-0.1, -0.05) is 6.42 Å². The lowest BCUT2D eigenvalue weighted by Crippen LogP contribution is -2.49. The summed E-state index contributed by atoms with van der Waals surface area (Å²) in [7, 11) is -3.11. The van der Waals surface area contributed by atoms with E-state index in [1.165, 1.54) is 6.26 Å². The summed E-state index contributed by atoms with van der Waals surface area (Å²) in [6.07, 6.45) is 7.51. The first-order valence-electron chi connectivity index (χ1n) is 8.00. The van der Waals surface area contributed by atoms with Gasteiger partial charge in [-0.25, -0.2) is 8.42 Å². The third-order valence-corrected chi connectivity index (χ3v) is 6.78. The van der Waals surface area contributed by atoms with E-state index in [1.807, 2.05) is 4.31 Å². The van der Waals surface area contributed by atoms with Gasteiger partial charge in [0.2, 0.25) is 10.0 Å². The highest BCUT2D eigenvalue weighted by molar-refractivity contribution is 7.88. The van der Waals surface area contributed by atoms with Gasteiger partial charge in [-0.15, -0.1) is 21.5 Å². The van der Waals surface area contributed by atoms with Gasteiger partial charge in [0.25, 0.3) is 0 Å². The smallest absolute Gasteiger partial charge is 0.211 e. The predicted molar refractivity (Wildman–Crippen MR) is 87.1 cm³/mol. The summed E-state index contributed by atoms with van der Waals surface area (Å²) in [6, 6.07) is 0.412. The lowest BCUT2D eigenvalue weighted by molar-refractivity contribution is 0.160. The molecule has 22 heavy (non-hydrogen) atoms. The second-order valence-electron chi connectivity index (χ2n) is 6.37. The fraction of sp³-hybridized carbons (Fsp3) is 0.857. The van der Waals surface area contributed by atoms with E-state index in [4.69, 9.17) is 0 Å². The van der Waals surface area contributed by atoms with Gasteiger partial charge in [0.1, 0.15) is 10.5 Å². The van der Waals surface area contributed by atoms with E-state index in [0.29, 0.717) is 0 Å². The van der Waals surface area contributed by atoms with Crippen LogP contribution < -0.4 is 0 Å². The van der Waals surface area contributed by atoms with Crippen LogP contribution in [0.4, 0.5) is 0 Å². The largest absolute Gasteiger partial charge is 0.297 e. The molecule has 1 aliphatic carbocycles. The van der Waals surface area contributed by atoms with Crippen LogP contribution >= 0.6 is 11.3 Å². The van der Waals surface area contributed by atoms with Crippen molar-refractivity contribution in [1.82, 2.24) is 19.4 Å². The topological polar surface area (TPSA) is 66.4 Å². The van der Waals surface area contributed by atoms with Crippen LogP contribution in [0.15, 0.2) is 5.51 Å². The summed E-state index contributed by atoms with van der Waals surface area (Å²) >= 11 is 1.58. The van der Waals surface area contributed by atoms with Crippen LogP contribution in [-0.2, 0) is 16.6 Å². The van der Waals surface area contributed by atoms with Gasteiger partial charge in [-0.3, -0.25) is 4.90 Å². The zero-order valence-electron chi connectivity index (χ0n) is 13.0. The molecule has 1 saturated carbocycles. The quantitative estimate of drug-likeness (QED) is 0.813. The fourth-order valence-electron chi connectivity index (χ4n) is 3.49. The van der Waals surface area contributed by atoms with Crippen molar-refractivity contribution in [3.63, 3.8) is 0 Å². The maximum atomic E-state index is 12.2. The molecule has 1 atom stereocenters. The van der Waals surface area contributed by atoms with E-state index in [9.17, 15) is 8.42 Å². The van der Waals surface area contributed by atoms with Crippen LogP contribution in [0.5, 0.6) is 0 Å². The Morgan fingerprint density at radius 1 is 1.23 bits per heavy atom. The van der Waals surface area contributed by atoms with Gasteiger partial charge in [-0.05, 0) is 38.6 Å². The van der Waals surface area contributed by atoms with Crippen molar-refractivity contribution >= 4 is 21.4 Å². The highest BCUT2D eigenvalue weighted by atomic mass is 32.2. The monoisotopic (exact) mass is 344 g/mol. The first kappa shape index (κ1) is 16.3. The van der Waals surface area contributed by atoms with E-state index >= 15 is 0 Å². The molecule has 1 aliphatic heterocycles. The van der Waals surface area contributed by atoms with Gasteiger partial charge in [0.05, 0.1) is 12.8 Å². The minimum Gasteiger partial charge on any atom is -0.297 e. The minimum atomic E-state index is -3.11. The van der Waals surface area contributed by atoms with Crippen LogP contribution in [0.25, 0.3) is 0 Å². The molecule has 6 nitrogen and oxygen atoms in total. The Balaban J connectivity index is 1.63. The number of nitrogens with zero attached hydrogens (tertiary/aromatic N) is 4. The summed E-state index contributed by atoms with van der Waals surface area (Å²) in [6.45, 7) is 2.78. The van der Waals surface area contributed by atoms with Crippen LogP contribution in [-0.4, -0.2) is 59.2 Å². The van der Waals surface area contributed by atoms with Gasteiger partial charge >= 0.3 is 0 Å². The third-order valence-electron chi connectivity index (χ3n) is 4.73. The number of likely N-dealkylation sites (tertiary alicyclic amines) is 1. The maximum absolute atomic E-state index is 12.2. The van der Waals surface area contributed by atoms with E-state index < -0.39 is 10.0 Å². The Hall–Kier alpha value is -0.570. The Bertz CT molecular complexity index is 572. The number of rotatable bonds is 5.